The molecular weight excluding hydrogens is 355 g/mol. The van der Waals surface area contributed by atoms with Crippen molar-refractivity contribution in [2.75, 3.05) is 14.1 Å². The predicted molar refractivity (Wildman–Crippen MR) is 96.2 cm³/mol. The quantitative estimate of drug-likeness (QED) is 0.683. The largest absolute Gasteiger partial charge is 0.435 e. The second-order valence-electron chi connectivity index (χ2n) is 6.34. The van der Waals surface area contributed by atoms with Crippen LogP contribution in [0, 0.1) is 0 Å². The van der Waals surface area contributed by atoms with E-state index in [-0.39, 0.29) is 12.5 Å². The van der Waals surface area contributed by atoms with E-state index in [1.165, 1.54) is 9.58 Å². The molecule has 3 aromatic rings. The molecule has 0 spiro atoms. The van der Waals surface area contributed by atoms with Crippen LogP contribution in [0.15, 0.2) is 60.7 Å². The first-order chi connectivity index (χ1) is 12.8. The fraction of sp³-hybridized carbons (Fsp3) is 0.200. The number of benzene rings is 2. The number of alkyl halides is 3. The van der Waals surface area contributed by atoms with E-state index in [4.69, 9.17) is 0 Å². The van der Waals surface area contributed by atoms with Gasteiger partial charge < -0.3 is 4.90 Å². The first kappa shape index (κ1) is 18.7. The Labute approximate surface area is 154 Å². The third-order valence-electron chi connectivity index (χ3n) is 4.06. The maximum Gasteiger partial charge on any atom is 0.435 e. The molecule has 3 rings (SSSR count). The maximum absolute atomic E-state index is 13.2. The van der Waals surface area contributed by atoms with E-state index >= 15 is 0 Å². The topological polar surface area (TPSA) is 38.1 Å². The van der Waals surface area contributed by atoms with Gasteiger partial charge in [-0.05, 0) is 23.8 Å². The van der Waals surface area contributed by atoms with Gasteiger partial charge >= 0.3 is 6.18 Å². The molecule has 0 unspecified atom stereocenters. The van der Waals surface area contributed by atoms with E-state index in [1.807, 2.05) is 30.3 Å². The summed E-state index contributed by atoms with van der Waals surface area (Å²) in [6.07, 6.45) is -4.55. The van der Waals surface area contributed by atoms with E-state index in [2.05, 4.69) is 5.10 Å². The van der Waals surface area contributed by atoms with Crippen LogP contribution in [0.2, 0.25) is 0 Å². The molecule has 0 saturated carbocycles. The van der Waals surface area contributed by atoms with Gasteiger partial charge in [-0.15, -0.1) is 0 Å². The Bertz CT molecular complexity index is 947. The van der Waals surface area contributed by atoms with Crippen molar-refractivity contribution in [3.8, 4) is 11.3 Å². The first-order valence-corrected chi connectivity index (χ1v) is 8.27. The van der Waals surface area contributed by atoms with Crippen LogP contribution in [0.1, 0.15) is 21.6 Å². The van der Waals surface area contributed by atoms with Gasteiger partial charge in [-0.2, -0.15) is 18.3 Å². The molecule has 0 aliphatic carbocycles. The summed E-state index contributed by atoms with van der Waals surface area (Å²) in [5.74, 6) is -0.220. The normalized spacial score (nSPS) is 11.4. The Morgan fingerprint density at radius 1 is 1.04 bits per heavy atom. The van der Waals surface area contributed by atoms with Crippen molar-refractivity contribution in [3.05, 3.63) is 77.5 Å². The molecule has 0 fully saturated rings. The third-order valence-corrected chi connectivity index (χ3v) is 4.06. The van der Waals surface area contributed by atoms with Gasteiger partial charge in [0.05, 0.1) is 12.2 Å². The van der Waals surface area contributed by atoms with E-state index in [0.29, 0.717) is 16.8 Å². The van der Waals surface area contributed by atoms with Crippen LogP contribution in [-0.4, -0.2) is 34.7 Å². The molecule has 1 heterocycles. The van der Waals surface area contributed by atoms with Gasteiger partial charge in [0.1, 0.15) is 0 Å². The number of aromatic nitrogens is 2. The van der Waals surface area contributed by atoms with Crippen LogP contribution < -0.4 is 0 Å². The number of hydrogen-bond donors (Lipinski definition) is 0. The highest BCUT2D eigenvalue weighted by atomic mass is 19.4. The second kappa shape index (κ2) is 7.26. The number of hydrogen-bond acceptors (Lipinski definition) is 2. The number of rotatable bonds is 4. The minimum absolute atomic E-state index is 0.193. The van der Waals surface area contributed by atoms with Crippen molar-refractivity contribution in [1.29, 1.82) is 0 Å². The Morgan fingerprint density at radius 2 is 1.74 bits per heavy atom. The molecule has 140 valence electrons. The lowest BCUT2D eigenvalue weighted by Gasteiger charge is -2.12. The van der Waals surface area contributed by atoms with Crippen molar-refractivity contribution < 1.29 is 18.0 Å². The molecule has 1 aromatic heterocycles. The fourth-order valence-electron chi connectivity index (χ4n) is 2.73. The zero-order valence-corrected chi connectivity index (χ0v) is 14.9. The van der Waals surface area contributed by atoms with Crippen LogP contribution in [0.5, 0.6) is 0 Å². The second-order valence-corrected chi connectivity index (χ2v) is 6.34. The molecule has 0 aliphatic heterocycles. The lowest BCUT2D eigenvalue weighted by molar-refractivity contribution is -0.141. The van der Waals surface area contributed by atoms with Gasteiger partial charge in [-0.25, -0.2) is 0 Å². The summed E-state index contributed by atoms with van der Waals surface area (Å²) in [5, 5.41) is 3.76. The van der Waals surface area contributed by atoms with E-state index in [0.717, 1.165) is 11.6 Å². The third kappa shape index (κ3) is 4.19. The van der Waals surface area contributed by atoms with Gasteiger partial charge in [0.15, 0.2) is 5.69 Å². The van der Waals surface area contributed by atoms with Gasteiger partial charge in [-0.1, -0.05) is 42.5 Å². The van der Waals surface area contributed by atoms with E-state index in [1.54, 1.807) is 38.4 Å². The Balaban J connectivity index is 2.07. The number of carbonyl (C=O) groups excluding carboxylic acids is 1. The highest BCUT2D eigenvalue weighted by Crippen LogP contribution is 2.32. The highest BCUT2D eigenvalue weighted by molar-refractivity contribution is 5.95. The average Bonchev–Trinajstić information content (AvgIpc) is 3.06. The summed E-state index contributed by atoms with van der Waals surface area (Å²) in [7, 11) is 3.24. The van der Waals surface area contributed by atoms with E-state index < -0.39 is 11.9 Å². The van der Waals surface area contributed by atoms with Gasteiger partial charge in [0.25, 0.3) is 5.91 Å². The Morgan fingerprint density at radius 3 is 2.37 bits per heavy atom. The summed E-state index contributed by atoms with van der Waals surface area (Å²) in [6, 6.07) is 16.7. The molecule has 0 radical (unpaired) electrons. The lowest BCUT2D eigenvalue weighted by Crippen LogP contribution is -2.21. The smallest absolute Gasteiger partial charge is 0.345 e. The van der Waals surface area contributed by atoms with E-state index in [9.17, 15) is 18.0 Å². The van der Waals surface area contributed by atoms with Crippen molar-refractivity contribution in [2.24, 2.45) is 0 Å². The molecular formula is C20H18F3N3O. The molecule has 4 nitrogen and oxygen atoms in total. The molecule has 0 N–H and O–H groups in total. The molecule has 2 aromatic carbocycles. The number of amides is 1. The first-order valence-electron chi connectivity index (χ1n) is 8.27. The molecule has 27 heavy (non-hydrogen) atoms. The molecule has 0 aliphatic rings. The maximum atomic E-state index is 13.2. The molecule has 0 saturated heterocycles. The van der Waals surface area contributed by atoms with Crippen molar-refractivity contribution in [1.82, 2.24) is 14.7 Å². The predicted octanol–water partition coefficient (Wildman–Crippen LogP) is 4.32. The summed E-state index contributed by atoms with van der Waals surface area (Å²) in [6.45, 7) is 0.193. The average molecular weight is 373 g/mol. The standard InChI is InChI=1S/C20H18F3N3O/c1-25(2)19(27)16-10-6-9-15(11-16)17-12-18(20(21,22)23)24-26(17)13-14-7-4-3-5-8-14/h3-12H,13H2,1-2H3. The summed E-state index contributed by atoms with van der Waals surface area (Å²) >= 11 is 0. The fourth-order valence-corrected chi connectivity index (χ4v) is 2.73. The number of carbonyl (C=O) groups is 1. The number of halogens is 3. The lowest BCUT2D eigenvalue weighted by atomic mass is 10.1. The van der Waals surface area contributed by atoms with Crippen LogP contribution in [-0.2, 0) is 12.7 Å². The zero-order chi connectivity index (χ0) is 19.6. The minimum Gasteiger partial charge on any atom is -0.345 e. The van der Waals surface area contributed by atoms with Crippen LogP contribution in [0.25, 0.3) is 11.3 Å². The van der Waals surface area contributed by atoms with Gasteiger partial charge in [0.2, 0.25) is 0 Å². The molecule has 1 amide bonds. The zero-order valence-electron chi connectivity index (χ0n) is 14.9. The monoisotopic (exact) mass is 373 g/mol. The summed E-state index contributed by atoms with van der Waals surface area (Å²) in [4.78, 5) is 13.6. The molecule has 0 bridgehead atoms. The number of nitrogens with zero attached hydrogens (tertiary/aromatic N) is 3. The van der Waals surface area contributed by atoms with Crippen molar-refractivity contribution in [3.63, 3.8) is 0 Å². The van der Waals surface area contributed by atoms with Crippen molar-refractivity contribution >= 4 is 5.91 Å². The van der Waals surface area contributed by atoms with Gasteiger partial charge in [-0.3, -0.25) is 9.48 Å². The molecule has 7 heteroatoms. The highest BCUT2D eigenvalue weighted by Gasteiger charge is 2.35. The van der Waals surface area contributed by atoms with Gasteiger partial charge in [0, 0.05) is 25.2 Å². The van der Waals surface area contributed by atoms with Crippen LogP contribution in [0.3, 0.4) is 0 Å². The van der Waals surface area contributed by atoms with Crippen molar-refractivity contribution in [2.45, 2.75) is 12.7 Å². The SMILES string of the molecule is CN(C)C(=O)c1cccc(-c2cc(C(F)(F)F)nn2Cc2ccccc2)c1. The van der Waals surface area contributed by atoms with Crippen LogP contribution in [0.4, 0.5) is 13.2 Å². The summed E-state index contributed by atoms with van der Waals surface area (Å²) in [5.41, 5.74) is 1.08. The van der Waals surface area contributed by atoms with Crippen LogP contribution >= 0.6 is 0 Å². The minimum atomic E-state index is -4.55. The molecule has 0 atom stereocenters. The Hall–Kier alpha value is -3.09. The summed E-state index contributed by atoms with van der Waals surface area (Å²) < 4.78 is 41.0. The Kier molecular flexibility index (Phi) is 5.03.